The van der Waals surface area contributed by atoms with Gasteiger partial charge < -0.3 is 24.9 Å². The molecular weight excluding hydrogens is 558 g/mol. The van der Waals surface area contributed by atoms with Crippen LogP contribution in [0, 0.1) is 0 Å². The van der Waals surface area contributed by atoms with Crippen LogP contribution < -0.4 is 15.2 Å². The smallest absolute Gasteiger partial charge is 0.355 e. The van der Waals surface area contributed by atoms with E-state index in [1.807, 2.05) is 24.3 Å². The number of rotatable bonds is 7. The van der Waals surface area contributed by atoms with Gasteiger partial charge in [-0.2, -0.15) is 0 Å². The Kier molecular flexibility index (Phi) is 6.71. The highest BCUT2D eigenvalue weighted by Crippen LogP contribution is 2.41. The third kappa shape index (κ3) is 4.40. The van der Waals surface area contributed by atoms with Crippen molar-refractivity contribution in [2.24, 2.45) is 5.73 Å². The first-order valence-electron chi connectivity index (χ1n) is 10.7. The molecule has 2 unspecified atom stereocenters. The molecule has 0 radical (unpaired) electrons. The van der Waals surface area contributed by atoms with Gasteiger partial charge in [-0.3, -0.25) is 9.69 Å². The van der Waals surface area contributed by atoms with Crippen molar-refractivity contribution in [3.63, 3.8) is 0 Å². The Hall–Kier alpha value is -2.66. The molecule has 0 bridgehead atoms. The highest BCUT2D eigenvalue weighted by Gasteiger charge is 2.52. The van der Waals surface area contributed by atoms with E-state index in [1.54, 1.807) is 25.4 Å². The molecule has 1 amide bonds. The van der Waals surface area contributed by atoms with Gasteiger partial charge >= 0.3 is 5.97 Å². The summed E-state index contributed by atoms with van der Waals surface area (Å²) in [5.74, 6) is 0.830. The van der Waals surface area contributed by atoms with Crippen molar-refractivity contribution in [1.82, 2.24) is 9.88 Å². The molecule has 2 atom stereocenters. The molecule has 8 nitrogen and oxygen atoms in total. The summed E-state index contributed by atoms with van der Waals surface area (Å²) < 4.78 is 17.6. The molecule has 3 heterocycles. The molecule has 2 aromatic carbocycles. The van der Waals surface area contributed by atoms with Crippen molar-refractivity contribution < 1.29 is 23.8 Å². The summed E-state index contributed by atoms with van der Waals surface area (Å²) in [6.07, 6.45) is 1.72. The number of H-pyrrole nitrogens is 1. The first-order valence-corrected chi connectivity index (χ1v) is 12.9. The molecule has 0 spiro atoms. The summed E-state index contributed by atoms with van der Waals surface area (Å²) in [6, 6.07) is 10.3. The fourth-order valence-electron chi connectivity index (χ4n) is 4.02. The van der Waals surface area contributed by atoms with Gasteiger partial charge in [0.2, 0.25) is 5.91 Å². The second-order valence-corrected chi connectivity index (χ2v) is 10.4. The van der Waals surface area contributed by atoms with Crippen LogP contribution in [0.4, 0.5) is 0 Å². The lowest BCUT2D eigenvalue weighted by Gasteiger charge is -2.48. The van der Waals surface area contributed by atoms with Gasteiger partial charge in [-0.25, -0.2) is 4.79 Å². The number of aromatic amines is 1. The van der Waals surface area contributed by atoms with E-state index in [-0.39, 0.29) is 30.2 Å². The molecule has 1 saturated heterocycles. The quantitative estimate of drug-likeness (QED) is 0.319. The summed E-state index contributed by atoms with van der Waals surface area (Å²) >= 11 is 11.4. The SMILES string of the molecule is COc1ccc(COC(=O)C2=C(COc3c[nH]c4ccc(Br)c(Cl)c34)CSC3C(N)C(=O)N23)cc1. The van der Waals surface area contributed by atoms with E-state index in [2.05, 4.69) is 20.9 Å². The number of benzene rings is 2. The summed E-state index contributed by atoms with van der Waals surface area (Å²) in [5.41, 5.74) is 8.43. The van der Waals surface area contributed by atoms with Crippen molar-refractivity contribution in [3.8, 4) is 11.5 Å². The fourth-order valence-corrected chi connectivity index (χ4v) is 5.89. The predicted molar refractivity (Wildman–Crippen MR) is 137 cm³/mol. The molecule has 3 aromatic rings. The van der Waals surface area contributed by atoms with Crippen molar-refractivity contribution in [2.45, 2.75) is 18.0 Å². The predicted octanol–water partition coefficient (Wildman–Crippen LogP) is 4.21. The molecule has 0 aliphatic carbocycles. The van der Waals surface area contributed by atoms with Gasteiger partial charge in [0, 0.05) is 22.0 Å². The van der Waals surface area contributed by atoms with Gasteiger partial charge in [0.15, 0.2) is 0 Å². The molecule has 0 saturated carbocycles. The molecule has 182 valence electrons. The van der Waals surface area contributed by atoms with E-state index < -0.39 is 12.0 Å². The number of methoxy groups -OCH3 is 1. The normalized spacial score (nSPS) is 19.4. The standard InChI is InChI=1S/C24H21BrClN3O5S/c1-32-14-4-2-12(3-5-14)9-34-24(31)21-13(11-35-23-20(27)22(30)29(21)23)10-33-17-8-28-16-7-6-15(25)19(26)18(16)17/h2-8,20,23,28H,9-11,27H2,1H3. The number of hydrogen-bond donors (Lipinski definition) is 2. The fraction of sp³-hybridized carbons (Fsp3) is 0.250. The van der Waals surface area contributed by atoms with Crippen LogP contribution in [0.15, 0.2) is 58.3 Å². The number of nitrogens with one attached hydrogen (secondary N) is 1. The lowest BCUT2D eigenvalue weighted by Crippen LogP contribution is -2.68. The maximum Gasteiger partial charge on any atom is 0.355 e. The van der Waals surface area contributed by atoms with E-state index in [4.69, 9.17) is 31.5 Å². The zero-order valence-corrected chi connectivity index (χ0v) is 21.7. The molecule has 5 rings (SSSR count). The number of ether oxygens (including phenoxy) is 3. The molecule has 1 fully saturated rings. The summed E-state index contributed by atoms with van der Waals surface area (Å²) in [6.45, 7) is 0.139. The summed E-state index contributed by atoms with van der Waals surface area (Å²) in [5, 5.41) is 0.954. The zero-order chi connectivity index (χ0) is 24.7. The van der Waals surface area contributed by atoms with Crippen LogP contribution in [0.2, 0.25) is 5.02 Å². The van der Waals surface area contributed by atoms with Crippen LogP contribution >= 0.6 is 39.3 Å². The minimum atomic E-state index is -0.642. The Balaban J connectivity index is 1.39. The maximum atomic E-state index is 13.2. The lowest BCUT2D eigenvalue weighted by atomic mass is 10.0. The van der Waals surface area contributed by atoms with Crippen LogP contribution in [0.1, 0.15) is 5.56 Å². The van der Waals surface area contributed by atoms with Gasteiger partial charge in [-0.15, -0.1) is 11.8 Å². The Morgan fingerprint density at radius 2 is 2.03 bits per heavy atom. The number of esters is 1. The Labute approximate surface area is 218 Å². The van der Waals surface area contributed by atoms with Gasteiger partial charge in [0.1, 0.15) is 41.8 Å². The molecule has 35 heavy (non-hydrogen) atoms. The molecule has 2 aliphatic rings. The molecule has 2 aliphatic heterocycles. The maximum absolute atomic E-state index is 13.2. The molecule has 11 heteroatoms. The average molecular weight is 579 g/mol. The van der Waals surface area contributed by atoms with Gasteiger partial charge in [-0.05, 0) is 45.8 Å². The summed E-state index contributed by atoms with van der Waals surface area (Å²) in [4.78, 5) is 30.3. The minimum Gasteiger partial charge on any atom is -0.497 e. The van der Waals surface area contributed by atoms with E-state index >= 15 is 0 Å². The highest BCUT2D eigenvalue weighted by atomic mass is 79.9. The Morgan fingerprint density at radius 3 is 2.77 bits per heavy atom. The number of amides is 1. The lowest BCUT2D eigenvalue weighted by molar-refractivity contribution is -0.151. The Morgan fingerprint density at radius 1 is 1.26 bits per heavy atom. The number of β-lactam (4-membered cyclic amide) rings is 1. The first kappa shape index (κ1) is 24.1. The van der Waals surface area contributed by atoms with E-state index in [0.717, 1.165) is 20.9 Å². The topological polar surface area (TPSA) is 107 Å². The van der Waals surface area contributed by atoms with E-state index in [1.165, 1.54) is 16.7 Å². The van der Waals surface area contributed by atoms with Crippen LogP contribution in [-0.2, 0) is 20.9 Å². The van der Waals surface area contributed by atoms with Gasteiger partial charge in [0.25, 0.3) is 0 Å². The van der Waals surface area contributed by atoms with Crippen LogP contribution in [0.25, 0.3) is 10.9 Å². The minimum absolute atomic E-state index is 0.0540. The number of carbonyl (C=O) groups excluding carboxylic acids is 2. The molecule has 3 N–H and O–H groups in total. The molecular formula is C24H21BrClN3O5S. The van der Waals surface area contributed by atoms with E-state index in [0.29, 0.717) is 27.8 Å². The number of hydrogen-bond acceptors (Lipinski definition) is 7. The summed E-state index contributed by atoms with van der Waals surface area (Å²) in [7, 11) is 1.58. The number of nitrogens with two attached hydrogens (primary N) is 1. The number of carbonyl (C=O) groups is 2. The second kappa shape index (κ2) is 9.77. The van der Waals surface area contributed by atoms with Crippen molar-refractivity contribution >= 4 is 62.1 Å². The van der Waals surface area contributed by atoms with Crippen LogP contribution in [0.3, 0.4) is 0 Å². The van der Waals surface area contributed by atoms with Crippen molar-refractivity contribution in [1.29, 1.82) is 0 Å². The number of halogens is 2. The van der Waals surface area contributed by atoms with Gasteiger partial charge in [-0.1, -0.05) is 23.7 Å². The van der Waals surface area contributed by atoms with Crippen LogP contribution in [-0.4, -0.2) is 52.6 Å². The average Bonchev–Trinajstić information content (AvgIpc) is 3.31. The number of nitrogens with zero attached hydrogens (tertiary/aromatic N) is 1. The monoisotopic (exact) mass is 577 g/mol. The second-order valence-electron chi connectivity index (χ2n) is 8.04. The zero-order valence-electron chi connectivity index (χ0n) is 18.5. The first-order chi connectivity index (χ1) is 16.9. The van der Waals surface area contributed by atoms with Crippen molar-refractivity contribution in [2.75, 3.05) is 19.5 Å². The number of fused-ring (bicyclic) bond motifs is 2. The number of thioether (sulfide) groups is 1. The number of aromatic nitrogens is 1. The van der Waals surface area contributed by atoms with Crippen LogP contribution in [0.5, 0.6) is 11.5 Å². The Bertz CT molecular complexity index is 1340. The van der Waals surface area contributed by atoms with E-state index in [9.17, 15) is 9.59 Å². The third-order valence-electron chi connectivity index (χ3n) is 5.91. The largest absolute Gasteiger partial charge is 0.497 e. The van der Waals surface area contributed by atoms with Crippen molar-refractivity contribution in [3.05, 3.63) is 68.9 Å². The van der Waals surface area contributed by atoms with Gasteiger partial charge in [0.05, 0.1) is 23.0 Å². The third-order valence-corrected chi connectivity index (χ3v) is 8.56. The molecule has 1 aromatic heterocycles. The highest BCUT2D eigenvalue weighted by molar-refractivity contribution is 9.10.